The predicted molar refractivity (Wildman–Crippen MR) is 116 cm³/mol. The SMILES string of the molecule is Cc1ccc2oc(C(=O)NCCCN3CCN(Cc4ccccc4)CC3)cc2c1. The minimum Gasteiger partial charge on any atom is -0.451 e. The molecule has 1 N–H and O–H groups in total. The van der Waals surface area contributed by atoms with E-state index < -0.39 is 0 Å². The number of fused-ring (bicyclic) bond motifs is 1. The Morgan fingerprint density at radius 2 is 1.76 bits per heavy atom. The fraction of sp³-hybridized carbons (Fsp3) is 0.375. The van der Waals surface area contributed by atoms with Gasteiger partial charge in [-0.3, -0.25) is 9.69 Å². The highest BCUT2D eigenvalue weighted by atomic mass is 16.3. The summed E-state index contributed by atoms with van der Waals surface area (Å²) in [5.41, 5.74) is 3.30. The molecular formula is C24H29N3O2. The first-order valence-electron chi connectivity index (χ1n) is 10.4. The minimum absolute atomic E-state index is 0.133. The van der Waals surface area contributed by atoms with Crippen LogP contribution in [0.1, 0.15) is 28.1 Å². The molecule has 4 rings (SSSR count). The summed E-state index contributed by atoms with van der Waals surface area (Å²) in [6.07, 6.45) is 0.948. The first-order chi connectivity index (χ1) is 14.2. The van der Waals surface area contributed by atoms with Crippen molar-refractivity contribution in [2.75, 3.05) is 39.3 Å². The Balaban J connectivity index is 1.16. The molecule has 1 aromatic heterocycles. The van der Waals surface area contributed by atoms with E-state index in [0.29, 0.717) is 12.3 Å². The Morgan fingerprint density at radius 1 is 1.00 bits per heavy atom. The van der Waals surface area contributed by atoms with Crippen LogP contribution in [0, 0.1) is 6.92 Å². The first kappa shape index (κ1) is 19.7. The highest BCUT2D eigenvalue weighted by molar-refractivity contribution is 5.96. The largest absolute Gasteiger partial charge is 0.451 e. The quantitative estimate of drug-likeness (QED) is 0.624. The van der Waals surface area contributed by atoms with Gasteiger partial charge in [0.15, 0.2) is 5.76 Å². The third kappa shape index (κ3) is 5.25. The molecule has 1 aliphatic heterocycles. The molecule has 0 spiro atoms. The van der Waals surface area contributed by atoms with Crippen molar-refractivity contribution in [3.05, 3.63) is 71.5 Å². The fourth-order valence-electron chi connectivity index (χ4n) is 3.88. The highest BCUT2D eigenvalue weighted by Crippen LogP contribution is 2.20. The van der Waals surface area contributed by atoms with E-state index in [9.17, 15) is 4.79 Å². The molecule has 2 heterocycles. The van der Waals surface area contributed by atoms with Crippen molar-refractivity contribution in [1.82, 2.24) is 15.1 Å². The molecule has 1 amide bonds. The van der Waals surface area contributed by atoms with Crippen molar-refractivity contribution >= 4 is 16.9 Å². The van der Waals surface area contributed by atoms with Gasteiger partial charge in [-0.1, -0.05) is 42.0 Å². The number of carbonyl (C=O) groups excluding carboxylic acids is 1. The minimum atomic E-state index is -0.133. The third-order valence-electron chi connectivity index (χ3n) is 5.55. The van der Waals surface area contributed by atoms with Gasteiger partial charge in [-0.15, -0.1) is 0 Å². The zero-order chi connectivity index (χ0) is 20.1. The van der Waals surface area contributed by atoms with E-state index in [0.717, 1.165) is 62.2 Å². The van der Waals surface area contributed by atoms with Gasteiger partial charge in [0.25, 0.3) is 5.91 Å². The molecule has 1 aliphatic rings. The average Bonchev–Trinajstić information content (AvgIpc) is 3.16. The van der Waals surface area contributed by atoms with E-state index in [1.165, 1.54) is 5.56 Å². The van der Waals surface area contributed by atoms with Gasteiger partial charge in [-0.2, -0.15) is 0 Å². The number of nitrogens with zero attached hydrogens (tertiary/aromatic N) is 2. The molecule has 5 nitrogen and oxygen atoms in total. The number of hydrogen-bond donors (Lipinski definition) is 1. The Kier molecular flexibility index (Phi) is 6.27. The summed E-state index contributed by atoms with van der Waals surface area (Å²) < 4.78 is 5.66. The second-order valence-corrected chi connectivity index (χ2v) is 7.86. The zero-order valence-electron chi connectivity index (χ0n) is 17.1. The number of amides is 1. The maximum absolute atomic E-state index is 12.3. The predicted octanol–water partition coefficient (Wildman–Crippen LogP) is 3.68. The van der Waals surface area contributed by atoms with Crippen molar-refractivity contribution in [3.8, 4) is 0 Å². The molecule has 2 aromatic carbocycles. The number of aryl methyl sites for hydroxylation is 1. The summed E-state index contributed by atoms with van der Waals surface area (Å²) >= 11 is 0. The summed E-state index contributed by atoms with van der Waals surface area (Å²) in [6, 6.07) is 18.4. The van der Waals surface area contributed by atoms with E-state index in [4.69, 9.17) is 4.42 Å². The van der Waals surface area contributed by atoms with Gasteiger partial charge in [0, 0.05) is 44.7 Å². The normalized spacial score (nSPS) is 15.6. The molecule has 0 saturated carbocycles. The molecule has 1 saturated heterocycles. The van der Waals surface area contributed by atoms with Crippen molar-refractivity contribution in [3.63, 3.8) is 0 Å². The van der Waals surface area contributed by atoms with E-state index >= 15 is 0 Å². The summed E-state index contributed by atoms with van der Waals surface area (Å²) in [7, 11) is 0. The lowest BCUT2D eigenvalue weighted by molar-refractivity contribution is 0.0922. The maximum Gasteiger partial charge on any atom is 0.287 e. The van der Waals surface area contributed by atoms with Gasteiger partial charge in [0.2, 0.25) is 0 Å². The van der Waals surface area contributed by atoms with Crippen molar-refractivity contribution < 1.29 is 9.21 Å². The standard InChI is InChI=1S/C24H29N3O2/c1-19-8-9-22-21(16-19)17-23(29-22)24(28)25-10-5-11-26-12-14-27(15-13-26)18-20-6-3-2-4-7-20/h2-4,6-9,16-17H,5,10-15,18H2,1H3,(H,25,28). The van der Waals surface area contributed by atoms with Gasteiger partial charge >= 0.3 is 0 Å². The smallest absolute Gasteiger partial charge is 0.287 e. The molecule has 152 valence electrons. The number of rotatable bonds is 7. The van der Waals surface area contributed by atoms with Crippen molar-refractivity contribution in [2.45, 2.75) is 19.9 Å². The van der Waals surface area contributed by atoms with Gasteiger partial charge in [0.05, 0.1) is 0 Å². The topological polar surface area (TPSA) is 48.7 Å². The monoisotopic (exact) mass is 391 g/mol. The molecule has 0 radical (unpaired) electrons. The summed E-state index contributed by atoms with van der Waals surface area (Å²) in [5.74, 6) is 0.256. The molecule has 3 aromatic rings. The summed E-state index contributed by atoms with van der Waals surface area (Å²) in [4.78, 5) is 17.3. The molecule has 0 aliphatic carbocycles. The first-order valence-corrected chi connectivity index (χ1v) is 10.4. The van der Waals surface area contributed by atoms with Crippen LogP contribution in [0.3, 0.4) is 0 Å². The molecule has 1 fully saturated rings. The number of furan rings is 1. The van der Waals surface area contributed by atoms with Crippen LogP contribution in [0.5, 0.6) is 0 Å². The molecular weight excluding hydrogens is 362 g/mol. The zero-order valence-corrected chi connectivity index (χ0v) is 17.1. The third-order valence-corrected chi connectivity index (χ3v) is 5.55. The number of piperazine rings is 1. The second-order valence-electron chi connectivity index (χ2n) is 7.86. The van der Waals surface area contributed by atoms with Crippen LogP contribution in [-0.4, -0.2) is 55.0 Å². The summed E-state index contributed by atoms with van der Waals surface area (Å²) in [6.45, 7) is 9.11. The van der Waals surface area contributed by atoms with Gasteiger partial charge in [-0.25, -0.2) is 0 Å². The van der Waals surface area contributed by atoms with Crippen LogP contribution in [-0.2, 0) is 6.54 Å². The molecule has 5 heteroatoms. The molecule has 29 heavy (non-hydrogen) atoms. The van der Waals surface area contributed by atoms with E-state index in [1.807, 2.05) is 31.2 Å². The van der Waals surface area contributed by atoms with E-state index in [-0.39, 0.29) is 5.91 Å². The lowest BCUT2D eigenvalue weighted by atomic mass is 10.2. The van der Waals surface area contributed by atoms with Crippen molar-refractivity contribution in [1.29, 1.82) is 0 Å². The Morgan fingerprint density at radius 3 is 2.55 bits per heavy atom. The van der Waals surface area contributed by atoms with Crippen LogP contribution in [0.4, 0.5) is 0 Å². The molecule has 0 unspecified atom stereocenters. The van der Waals surface area contributed by atoms with Crippen LogP contribution >= 0.6 is 0 Å². The number of carbonyl (C=O) groups is 1. The Hall–Kier alpha value is -2.63. The van der Waals surface area contributed by atoms with Crippen LogP contribution in [0.15, 0.2) is 59.0 Å². The average molecular weight is 392 g/mol. The lowest BCUT2D eigenvalue weighted by Gasteiger charge is -2.34. The van der Waals surface area contributed by atoms with E-state index in [2.05, 4.69) is 45.4 Å². The van der Waals surface area contributed by atoms with Crippen LogP contribution in [0.2, 0.25) is 0 Å². The fourth-order valence-corrected chi connectivity index (χ4v) is 3.88. The van der Waals surface area contributed by atoms with Crippen LogP contribution in [0.25, 0.3) is 11.0 Å². The molecule has 0 bridgehead atoms. The highest BCUT2D eigenvalue weighted by Gasteiger charge is 2.17. The Bertz CT molecular complexity index is 943. The van der Waals surface area contributed by atoms with Gasteiger partial charge in [-0.05, 0) is 43.7 Å². The van der Waals surface area contributed by atoms with Gasteiger partial charge in [0.1, 0.15) is 5.58 Å². The van der Waals surface area contributed by atoms with Crippen LogP contribution < -0.4 is 5.32 Å². The van der Waals surface area contributed by atoms with Crippen molar-refractivity contribution in [2.24, 2.45) is 0 Å². The second kappa shape index (κ2) is 9.25. The molecule has 0 atom stereocenters. The number of benzene rings is 2. The number of hydrogen-bond acceptors (Lipinski definition) is 4. The number of nitrogens with one attached hydrogen (secondary N) is 1. The lowest BCUT2D eigenvalue weighted by Crippen LogP contribution is -2.46. The maximum atomic E-state index is 12.3. The summed E-state index contributed by atoms with van der Waals surface area (Å²) in [5, 5.41) is 3.96. The Labute approximate surface area is 172 Å². The van der Waals surface area contributed by atoms with E-state index in [1.54, 1.807) is 0 Å². The van der Waals surface area contributed by atoms with Gasteiger partial charge < -0.3 is 14.6 Å².